The Labute approximate surface area is 383 Å². The van der Waals surface area contributed by atoms with Crippen molar-refractivity contribution in [2.75, 3.05) is 0 Å². The van der Waals surface area contributed by atoms with Gasteiger partial charge in [0.2, 0.25) is 0 Å². The van der Waals surface area contributed by atoms with Crippen LogP contribution in [0.5, 0.6) is 0 Å². The number of benzene rings is 9. The zero-order valence-corrected chi connectivity index (χ0v) is 36.4. The summed E-state index contributed by atoms with van der Waals surface area (Å²) < 4.78 is 4.80. The van der Waals surface area contributed by atoms with Crippen LogP contribution in [-0.2, 0) is 0 Å². The first-order chi connectivity index (χ1) is 32.5. The summed E-state index contributed by atoms with van der Waals surface area (Å²) in [6.45, 7) is 12.8. The van der Waals surface area contributed by atoms with Crippen molar-refractivity contribution >= 4 is 49.3 Å². The van der Waals surface area contributed by atoms with Crippen molar-refractivity contribution in [1.29, 1.82) is 0 Å². The van der Waals surface area contributed by atoms with Crippen LogP contribution in [0.2, 0.25) is 0 Å². The highest BCUT2D eigenvalue weighted by Crippen LogP contribution is 2.45. The summed E-state index contributed by atoms with van der Waals surface area (Å²) in [5, 5.41) is 4.52. The maximum absolute atomic E-state index is 8.79. The monoisotopic (exact) mass is 843 g/mol. The largest absolute Gasteiger partial charge is 0.308 e. The molecule has 0 aliphatic carbocycles. The normalized spacial score (nSPS) is 11.5. The molecule has 12 aromatic rings. The summed E-state index contributed by atoms with van der Waals surface area (Å²) in [5.41, 5.74) is 17.8. The third-order valence-corrected chi connectivity index (χ3v) is 12.9. The van der Waals surface area contributed by atoms with E-state index in [4.69, 9.17) is 16.5 Å². The fraction of sp³-hybridized carbons (Fsp3) is 0.0328. The number of aryl methyl sites for hydroxylation is 2. The topological polar surface area (TPSA) is 40.0 Å². The van der Waals surface area contributed by atoms with E-state index in [-0.39, 0.29) is 0 Å². The molecule has 310 valence electrons. The van der Waals surface area contributed by atoms with Crippen LogP contribution in [0.3, 0.4) is 0 Å². The van der Waals surface area contributed by atoms with E-state index in [0.717, 1.165) is 111 Å². The molecule has 0 atom stereocenters. The van der Waals surface area contributed by atoms with E-state index in [9.17, 15) is 0 Å². The summed E-state index contributed by atoms with van der Waals surface area (Å²) >= 11 is 0. The van der Waals surface area contributed by atoms with Gasteiger partial charge in [-0.15, -0.1) is 0 Å². The smallest absolute Gasteiger partial charge is 0.200 e. The predicted molar refractivity (Wildman–Crippen MR) is 274 cm³/mol. The molecule has 66 heavy (non-hydrogen) atoms. The van der Waals surface area contributed by atoms with Gasteiger partial charge in [-0.1, -0.05) is 170 Å². The second-order valence-corrected chi connectivity index (χ2v) is 17.0. The predicted octanol–water partition coefficient (Wildman–Crippen LogP) is 16.2. The standard InChI is InChI=1S/C61H41N5/c1-39-32-40(2)64-61(63-39)53-37-59(65-55-33-45(41-16-8-4-9-17-41)24-28-49(55)50-29-25-46(34-56(50)65)42-18-10-5-11-19-42)60(38-54(53)62-3)66-57-35-47(43-20-12-6-13-21-43)26-30-51(57)52-31-27-48(36-58(52)66)44-22-14-7-15-23-44/h4-38H,1-2H3. The quantitative estimate of drug-likeness (QED) is 0.150. The zero-order valence-electron chi connectivity index (χ0n) is 36.4. The highest BCUT2D eigenvalue weighted by atomic mass is 15.1. The van der Waals surface area contributed by atoms with Crippen molar-refractivity contribution in [2.45, 2.75) is 13.8 Å². The van der Waals surface area contributed by atoms with Crippen LogP contribution in [-0.4, -0.2) is 19.1 Å². The molecule has 0 saturated carbocycles. The number of aromatic nitrogens is 4. The fourth-order valence-electron chi connectivity index (χ4n) is 9.84. The molecular formula is C61H41N5. The number of hydrogen-bond donors (Lipinski definition) is 0. The van der Waals surface area contributed by atoms with Gasteiger partial charge in [-0.25, -0.2) is 14.8 Å². The van der Waals surface area contributed by atoms with Gasteiger partial charge in [0.15, 0.2) is 5.69 Å². The Bertz CT molecular complexity index is 3660. The van der Waals surface area contributed by atoms with Gasteiger partial charge in [0.25, 0.3) is 0 Å². The Kier molecular flexibility index (Phi) is 9.25. The van der Waals surface area contributed by atoms with Crippen LogP contribution >= 0.6 is 0 Å². The highest BCUT2D eigenvalue weighted by molar-refractivity contribution is 6.14. The molecule has 5 heteroatoms. The first-order valence-corrected chi connectivity index (χ1v) is 22.3. The summed E-state index contributed by atoms with van der Waals surface area (Å²) in [6, 6.07) is 75.7. The van der Waals surface area contributed by atoms with Crippen molar-refractivity contribution in [3.05, 3.63) is 235 Å². The fourth-order valence-corrected chi connectivity index (χ4v) is 9.84. The van der Waals surface area contributed by atoms with Gasteiger partial charge < -0.3 is 9.13 Å². The molecule has 0 fully saturated rings. The van der Waals surface area contributed by atoms with Crippen LogP contribution in [0.25, 0.3) is 116 Å². The highest BCUT2D eigenvalue weighted by Gasteiger charge is 2.24. The Hall–Kier alpha value is -8.85. The minimum atomic E-state index is 0.475. The van der Waals surface area contributed by atoms with E-state index >= 15 is 0 Å². The van der Waals surface area contributed by atoms with Crippen molar-refractivity contribution in [3.63, 3.8) is 0 Å². The molecule has 0 radical (unpaired) electrons. The molecular weight excluding hydrogens is 803 g/mol. The molecule has 0 aliphatic rings. The Morgan fingerprint density at radius 2 is 0.667 bits per heavy atom. The molecule has 3 heterocycles. The summed E-state index contributed by atoms with van der Waals surface area (Å²) in [4.78, 5) is 14.2. The first kappa shape index (κ1) is 38.8. The van der Waals surface area contributed by atoms with Crippen LogP contribution in [0.15, 0.2) is 212 Å². The van der Waals surface area contributed by atoms with Gasteiger partial charge in [-0.2, -0.15) is 0 Å². The van der Waals surface area contributed by atoms with Crippen LogP contribution in [0.4, 0.5) is 5.69 Å². The number of fused-ring (bicyclic) bond motifs is 6. The summed E-state index contributed by atoms with van der Waals surface area (Å²) in [5.74, 6) is 0.530. The van der Waals surface area contributed by atoms with Gasteiger partial charge in [0.05, 0.1) is 40.0 Å². The number of hydrogen-bond acceptors (Lipinski definition) is 2. The lowest BCUT2D eigenvalue weighted by molar-refractivity contribution is 1.06. The molecule has 12 rings (SSSR count). The van der Waals surface area contributed by atoms with Crippen molar-refractivity contribution < 1.29 is 0 Å². The molecule has 0 aliphatic heterocycles. The molecule has 0 N–H and O–H groups in total. The van der Waals surface area contributed by atoms with Crippen molar-refractivity contribution in [3.8, 4) is 67.3 Å². The lowest BCUT2D eigenvalue weighted by atomic mass is 10.0. The van der Waals surface area contributed by atoms with Gasteiger partial charge in [0.1, 0.15) is 5.82 Å². The molecule has 9 aromatic carbocycles. The molecule has 3 aromatic heterocycles. The van der Waals surface area contributed by atoms with E-state index in [1.54, 1.807) is 0 Å². The van der Waals surface area contributed by atoms with Crippen molar-refractivity contribution in [1.82, 2.24) is 19.1 Å². The second kappa shape index (κ2) is 15.7. The Morgan fingerprint density at radius 1 is 0.348 bits per heavy atom. The second-order valence-electron chi connectivity index (χ2n) is 17.0. The van der Waals surface area contributed by atoms with E-state index in [0.29, 0.717) is 17.1 Å². The van der Waals surface area contributed by atoms with E-state index < -0.39 is 0 Å². The zero-order chi connectivity index (χ0) is 44.3. The van der Waals surface area contributed by atoms with Crippen molar-refractivity contribution in [2.24, 2.45) is 0 Å². The molecule has 0 spiro atoms. The molecule has 0 unspecified atom stereocenters. The third-order valence-electron chi connectivity index (χ3n) is 12.9. The van der Waals surface area contributed by atoms with E-state index in [1.165, 1.54) is 0 Å². The number of rotatable bonds is 7. The average molecular weight is 844 g/mol. The summed E-state index contributed by atoms with van der Waals surface area (Å²) in [6.07, 6.45) is 0. The molecule has 0 bridgehead atoms. The number of nitrogens with zero attached hydrogens (tertiary/aromatic N) is 5. The average Bonchev–Trinajstić information content (AvgIpc) is 3.87. The molecule has 0 amide bonds. The van der Waals surface area contributed by atoms with Gasteiger partial charge in [-0.3, -0.25) is 0 Å². The minimum absolute atomic E-state index is 0.475. The van der Waals surface area contributed by atoms with Gasteiger partial charge in [0, 0.05) is 38.5 Å². The van der Waals surface area contributed by atoms with Crippen LogP contribution < -0.4 is 0 Å². The molecule has 5 nitrogen and oxygen atoms in total. The SMILES string of the molecule is [C-]#[N+]c1cc(-n2c3cc(-c4ccccc4)ccc3c3ccc(-c4ccccc4)cc32)c(-n2c3cc(-c4ccccc4)ccc3c3ccc(-c4ccccc4)cc32)cc1-c1nc(C)cc(C)n1. The van der Waals surface area contributed by atoms with E-state index in [1.807, 2.05) is 19.9 Å². The van der Waals surface area contributed by atoms with E-state index in [2.05, 4.69) is 220 Å². The van der Waals surface area contributed by atoms with Crippen LogP contribution in [0.1, 0.15) is 11.4 Å². The van der Waals surface area contributed by atoms with Gasteiger partial charge in [-0.05, 0) is 101 Å². The Balaban J connectivity index is 1.26. The Morgan fingerprint density at radius 3 is 0.985 bits per heavy atom. The molecule has 0 saturated heterocycles. The van der Waals surface area contributed by atoms with Gasteiger partial charge >= 0.3 is 0 Å². The third kappa shape index (κ3) is 6.55. The maximum Gasteiger partial charge on any atom is 0.200 e. The maximum atomic E-state index is 8.79. The van der Waals surface area contributed by atoms with Crippen LogP contribution in [0, 0.1) is 20.4 Å². The first-order valence-electron chi connectivity index (χ1n) is 22.3. The lowest BCUT2D eigenvalue weighted by Gasteiger charge is -2.20. The minimum Gasteiger partial charge on any atom is -0.308 e. The summed E-state index contributed by atoms with van der Waals surface area (Å²) in [7, 11) is 0. The lowest BCUT2D eigenvalue weighted by Crippen LogP contribution is -2.05.